The van der Waals surface area contributed by atoms with Crippen molar-refractivity contribution >= 4 is 11.9 Å². The van der Waals surface area contributed by atoms with E-state index in [0.717, 1.165) is 37.5 Å². The molecule has 0 heterocycles. The number of unbranched alkanes of at least 4 members (excludes halogenated alkanes) is 4. The van der Waals surface area contributed by atoms with E-state index in [2.05, 4.69) is 41.5 Å². The minimum absolute atomic E-state index is 0.315. The summed E-state index contributed by atoms with van der Waals surface area (Å²) in [5.74, 6) is 2.11. The van der Waals surface area contributed by atoms with Crippen LogP contribution in [0.25, 0.3) is 0 Å². The Balaban J connectivity index is 2.69. The van der Waals surface area contributed by atoms with E-state index in [0.29, 0.717) is 36.2 Å². The molecule has 0 spiro atoms. The maximum atomic E-state index is 13.1. The highest BCUT2D eigenvalue weighted by Crippen LogP contribution is 2.33. The van der Waals surface area contributed by atoms with Gasteiger partial charge in [0, 0.05) is 0 Å². The van der Waals surface area contributed by atoms with Gasteiger partial charge in [-0.3, -0.25) is 0 Å². The second kappa shape index (κ2) is 26.4. The zero-order chi connectivity index (χ0) is 32.4. The maximum absolute atomic E-state index is 13.1. The summed E-state index contributed by atoms with van der Waals surface area (Å²) in [6, 6.07) is 6.96. The summed E-state index contributed by atoms with van der Waals surface area (Å²) in [6.07, 6.45) is 24.2. The van der Waals surface area contributed by atoms with Gasteiger partial charge in [0.25, 0.3) is 0 Å². The molecule has 1 rings (SSSR count). The summed E-state index contributed by atoms with van der Waals surface area (Å²) in [4.78, 5) is 26.2. The summed E-state index contributed by atoms with van der Waals surface area (Å²) < 4.78 is 11.4. The van der Waals surface area contributed by atoms with Gasteiger partial charge in [-0.25, -0.2) is 9.59 Å². The SMILES string of the molecule is CCCCC(CCC)C(CCCC)CCCOC(=O)c1ccccc1C(=O)OCCCC(CCCC)C(CCC)CCCC. The number of hydrogen-bond donors (Lipinski definition) is 0. The number of carbonyl (C=O) groups excluding carboxylic acids is 2. The smallest absolute Gasteiger partial charge is 0.339 e. The number of ether oxygens (including phenoxy) is 2. The molecule has 44 heavy (non-hydrogen) atoms. The first-order valence-corrected chi connectivity index (χ1v) is 18.9. The summed E-state index contributed by atoms with van der Waals surface area (Å²) in [5, 5.41) is 0. The number of rotatable bonds is 28. The lowest BCUT2D eigenvalue weighted by Crippen LogP contribution is -2.18. The average Bonchev–Trinajstić information content (AvgIpc) is 3.04. The van der Waals surface area contributed by atoms with Crippen LogP contribution in [0.15, 0.2) is 24.3 Å². The van der Waals surface area contributed by atoms with E-state index in [4.69, 9.17) is 9.47 Å². The number of hydrogen-bond acceptors (Lipinski definition) is 4. The molecule has 0 bridgehead atoms. The van der Waals surface area contributed by atoms with Crippen LogP contribution in [0.2, 0.25) is 0 Å². The molecule has 0 aromatic heterocycles. The molecule has 0 aliphatic heterocycles. The van der Waals surface area contributed by atoms with Crippen LogP contribution in [-0.2, 0) is 9.47 Å². The Morgan fingerprint density at radius 1 is 0.455 bits per heavy atom. The fourth-order valence-electron chi connectivity index (χ4n) is 7.09. The molecule has 4 nitrogen and oxygen atoms in total. The quantitative estimate of drug-likeness (QED) is 0.0696. The van der Waals surface area contributed by atoms with E-state index in [1.54, 1.807) is 24.3 Å². The largest absolute Gasteiger partial charge is 0.462 e. The molecule has 0 aliphatic rings. The van der Waals surface area contributed by atoms with Crippen molar-refractivity contribution in [2.75, 3.05) is 13.2 Å². The Morgan fingerprint density at radius 2 is 0.750 bits per heavy atom. The highest BCUT2D eigenvalue weighted by atomic mass is 16.5. The first kappa shape index (κ1) is 40.2. The standard InChI is InChI=1S/C40H70O4/c1-7-13-23-33(21-11-5)35(25-15-9-3)27-19-31-43-39(41)37-29-17-18-30-38(37)40(42)44-32-20-28-36(26-16-10-4)34(22-12-6)24-14-8-2/h17-18,29-30,33-36H,7-16,19-28,31-32H2,1-6H3. The molecule has 0 saturated carbocycles. The second-order valence-corrected chi connectivity index (χ2v) is 13.3. The van der Waals surface area contributed by atoms with E-state index in [9.17, 15) is 9.59 Å². The highest BCUT2D eigenvalue weighted by Gasteiger charge is 2.23. The van der Waals surface area contributed by atoms with E-state index >= 15 is 0 Å². The predicted octanol–water partition coefficient (Wildman–Crippen LogP) is 12.4. The lowest BCUT2D eigenvalue weighted by Gasteiger charge is -2.27. The number of carbonyl (C=O) groups is 2. The molecule has 0 aliphatic carbocycles. The van der Waals surface area contributed by atoms with Gasteiger partial charge >= 0.3 is 11.9 Å². The first-order chi connectivity index (χ1) is 21.5. The minimum atomic E-state index is -0.420. The Morgan fingerprint density at radius 3 is 1.05 bits per heavy atom. The molecule has 4 unspecified atom stereocenters. The van der Waals surface area contributed by atoms with E-state index < -0.39 is 11.9 Å². The van der Waals surface area contributed by atoms with Crippen molar-refractivity contribution in [2.24, 2.45) is 23.7 Å². The van der Waals surface area contributed by atoms with Crippen LogP contribution in [-0.4, -0.2) is 25.2 Å². The highest BCUT2D eigenvalue weighted by molar-refractivity contribution is 6.03. The molecule has 0 fully saturated rings. The third-order valence-electron chi connectivity index (χ3n) is 9.64. The minimum Gasteiger partial charge on any atom is -0.462 e. The van der Waals surface area contributed by atoms with Crippen molar-refractivity contribution in [3.63, 3.8) is 0 Å². The molecular weight excluding hydrogens is 544 g/mol. The Kier molecular flexibility index (Phi) is 24.1. The molecule has 0 amide bonds. The zero-order valence-electron chi connectivity index (χ0n) is 29.8. The molecule has 4 heteroatoms. The molecule has 0 N–H and O–H groups in total. The van der Waals surface area contributed by atoms with Crippen LogP contribution in [0.4, 0.5) is 0 Å². The monoisotopic (exact) mass is 615 g/mol. The summed E-state index contributed by atoms with van der Waals surface area (Å²) >= 11 is 0. The van der Waals surface area contributed by atoms with Crippen LogP contribution < -0.4 is 0 Å². The van der Waals surface area contributed by atoms with Crippen molar-refractivity contribution in [3.8, 4) is 0 Å². The Bertz CT molecular complexity index is 781. The molecule has 4 atom stereocenters. The third-order valence-corrected chi connectivity index (χ3v) is 9.64. The lowest BCUT2D eigenvalue weighted by atomic mass is 9.79. The van der Waals surface area contributed by atoms with Crippen LogP contribution in [0.1, 0.15) is 191 Å². The van der Waals surface area contributed by atoms with E-state index in [1.165, 1.54) is 103 Å². The Hall–Kier alpha value is -1.84. The maximum Gasteiger partial charge on any atom is 0.339 e. The van der Waals surface area contributed by atoms with Gasteiger partial charge in [-0.15, -0.1) is 0 Å². The average molecular weight is 615 g/mol. The summed E-state index contributed by atoms with van der Waals surface area (Å²) in [6.45, 7) is 14.5. The van der Waals surface area contributed by atoms with Gasteiger partial charge in [0.1, 0.15) is 0 Å². The topological polar surface area (TPSA) is 52.6 Å². The first-order valence-electron chi connectivity index (χ1n) is 18.9. The van der Waals surface area contributed by atoms with E-state index in [-0.39, 0.29) is 0 Å². The van der Waals surface area contributed by atoms with Crippen LogP contribution >= 0.6 is 0 Å². The van der Waals surface area contributed by atoms with Gasteiger partial charge < -0.3 is 9.47 Å². The number of benzene rings is 1. The fourth-order valence-corrected chi connectivity index (χ4v) is 7.09. The van der Waals surface area contributed by atoms with Gasteiger partial charge in [-0.2, -0.15) is 0 Å². The van der Waals surface area contributed by atoms with Crippen molar-refractivity contribution in [3.05, 3.63) is 35.4 Å². The van der Waals surface area contributed by atoms with Gasteiger partial charge in [0.15, 0.2) is 0 Å². The van der Waals surface area contributed by atoms with Crippen molar-refractivity contribution in [2.45, 2.75) is 170 Å². The summed E-state index contributed by atoms with van der Waals surface area (Å²) in [7, 11) is 0. The molecule has 1 aromatic rings. The predicted molar refractivity (Wildman–Crippen MR) is 187 cm³/mol. The second-order valence-electron chi connectivity index (χ2n) is 13.3. The van der Waals surface area contributed by atoms with Crippen molar-refractivity contribution in [1.29, 1.82) is 0 Å². The van der Waals surface area contributed by atoms with E-state index in [1.807, 2.05) is 0 Å². The molecule has 0 saturated heterocycles. The van der Waals surface area contributed by atoms with Crippen LogP contribution in [0, 0.1) is 23.7 Å². The zero-order valence-corrected chi connectivity index (χ0v) is 29.8. The van der Waals surface area contributed by atoms with Gasteiger partial charge in [-0.05, 0) is 61.5 Å². The van der Waals surface area contributed by atoms with Crippen LogP contribution in [0.5, 0.6) is 0 Å². The van der Waals surface area contributed by atoms with Gasteiger partial charge in [-0.1, -0.05) is 156 Å². The van der Waals surface area contributed by atoms with Gasteiger partial charge in [0.05, 0.1) is 24.3 Å². The van der Waals surface area contributed by atoms with Gasteiger partial charge in [0.2, 0.25) is 0 Å². The van der Waals surface area contributed by atoms with Crippen LogP contribution in [0.3, 0.4) is 0 Å². The normalized spacial score (nSPS) is 14.1. The molecule has 0 radical (unpaired) electrons. The lowest BCUT2D eigenvalue weighted by molar-refractivity contribution is 0.0441. The summed E-state index contributed by atoms with van der Waals surface area (Å²) in [5.41, 5.74) is 0.630. The molecular formula is C40H70O4. The van der Waals surface area contributed by atoms with Crippen molar-refractivity contribution < 1.29 is 19.1 Å². The Labute approximate surface area is 272 Å². The molecule has 254 valence electrons. The van der Waals surface area contributed by atoms with Crippen molar-refractivity contribution in [1.82, 2.24) is 0 Å². The fraction of sp³-hybridized carbons (Fsp3) is 0.800. The molecule has 1 aromatic carbocycles. The third kappa shape index (κ3) is 16.5. The number of esters is 2.